The van der Waals surface area contributed by atoms with E-state index in [0.717, 1.165) is 18.8 Å². The van der Waals surface area contributed by atoms with Crippen LogP contribution in [0.15, 0.2) is 0 Å². The van der Waals surface area contributed by atoms with E-state index in [9.17, 15) is 4.79 Å². The quantitative estimate of drug-likeness (QED) is 0.434. The van der Waals surface area contributed by atoms with Crippen molar-refractivity contribution in [1.29, 1.82) is 0 Å². The molecule has 0 fully saturated rings. The molecule has 0 unspecified atom stereocenters. The summed E-state index contributed by atoms with van der Waals surface area (Å²) in [6.45, 7) is 5.80. The first-order valence-electron chi connectivity index (χ1n) is 5.24. The van der Waals surface area contributed by atoms with E-state index in [1.54, 1.807) is 7.11 Å². The predicted octanol–water partition coefficient (Wildman–Crippen LogP) is 1.59. The van der Waals surface area contributed by atoms with Gasteiger partial charge in [0.25, 0.3) is 0 Å². The molecule has 0 saturated heterocycles. The molecular weight excluding hydrogens is 196 g/mol. The number of hydrogen-bond donors (Lipinski definition) is 0. The maximum Gasteiger partial charge on any atom is 0.302 e. The lowest BCUT2D eigenvalue weighted by Gasteiger charge is -2.15. The summed E-state index contributed by atoms with van der Waals surface area (Å²) in [5.41, 5.74) is 0. The summed E-state index contributed by atoms with van der Waals surface area (Å²) in [4.78, 5) is 10.7. The van der Waals surface area contributed by atoms with Gasteiger partial charge in [-0.05, 0) is 19.8 Å². The number of ether oxygens (including phenoxy) is 3. The Labute approximate surface area is 91.9 Å². The second kappa shape index (κ2) is 9.93. The second-order valence-electron chi connectivity index (χ2n) is 3.22. The molecule has 0 aliphatic heterocycles. The maximum atomic E-state index is 10.7. The van der Waals surface area contributed by atoms with E-state index in [1.165, 1.54) is 6.92 Å². The van der Waals surface area contributed by atoms with E-state index in [2.05, 4.69) is 0 Å². The summed E-state index contributed by atoms with van der Waals surface area (Å²) < 4.78 is 15.2. The fraction of sp³-hybridized carbons (Fsp3) is 0.818. The molecule has 4 heteroatoms. The number of esters is 1. The third-order valence-electron chi connectivity index (χ3n) is 1.94. The van der Waals surface area contributed by atoms with Crippen LogP contribution in [0.3, 0.4) is 0 Å². The Kier molecular flexibility index (Phi) is 9.52. The Morgan fingerprint density at radius 2 is 1.87 bits per heavy atom. The zero-order valence-electron chi connectivity index (χ0n) is 9.88. The Balaban J connectivity index is 3.67. The molecule has 0 bridgehead atoms. The highest BCUT2D eigenvalue weighted by atomic mass is 16.5. The Hall–Kier alpha value is -0.610. The summed E-state index contributed by atoms with van der Waals surface area (Å²) in [5, 5.41) is 0. The summed E-state index contributed by atoms with van der Waals surface area (Å²) in [7, 11) is 1.66. The van der Waals surface area contributed by atoms with Crippen LogP contribution in [0.2, 0.25) is 0 Å². The molecule has 0 aromatic rings. The molecule has 0 heterocycles. The van der Waals surface area contributed by atoms with Crippen molar-refractivity contribution in [3.05, 3.63) is 5.92 Å². The molecule has 0 aromatic carbocycles. The van der Waals surface area contributed by atoms with Crippen molar-refractivity contribution < 1.29 is 19.0 Å². The average Bonchev–Trinajstić information content (AvgIpc) is 2.21. The van der Waals surface area contributed by atoms with Crippen LogP contribution in [-0.4, -0.2) is 39.5 Å². The largest absolute Gasteiger partial charge is 0.465 e. The van der Waals surface area contributed by atoms with Gasteiger partial charge in [0.05, 0.1) is 6.61 Å². The van der Waals surface area contributed by atoms with Gasteiger partial charge in [0.15, 0.2) is 0 Å². The standard InChI is InChI=1S/C11H21O4/c1-4-14-8-6-11(5-7-13-3)9-15-10(2)12/h4-9H2,1-3H3. The minimum absolute atomic E-state index is 0.249. The van der Waals surface area contributed by atoms with Gasteiger partial charge >= 0.3 is 5.97 Å². The first-order chi connectivity index (χ1) is 7.20. The van der Waals surface area contributed by atoms with E-state index in [0.29, 0.717) is 26.4 Å². The lowest BCUT2D eigenvalue weighted by molar-refractivity contribution is -0.140. The molecule has 0 saturated carbocycles. The number of hydrogen-bond acceptors (Lipinski definition) is 4. The molecule has 0 amide bonds. The highest BCUT2D eigenvalue weighted by molar-refractivity contribution is 5.66. The van der Waals surface area contributed by atoms with Gasteiger partial charge in [0, 0.05) is 39.8 Å². The number of carbonyl (C=O) groups excluding carboxylic acids is 1. The van der Waals surface area contributed by atoms with Crippen LogP contribution in [0.1, 0.15) is 26.7 Å². The normalized spacial score (nSPS) is 10.7. The molecular formula is C11H21O4. The van der Waals surface area contributed by atoms with E-state index in [-0.39, 0.29) is 5.97 Å². The average molecular weight is 217 g/mol. The highest BCUT2D eigenvalue weighted by Gasteiger charge is 2.11. The monoisotopic (exact) mass is 217 g/mol. The van der Waals surface area contributed by atoms with E-state index >= 15 is 0 Å². The molecule has 0 aliphatic carbocycles. The lowest BCUT2D eigenvalue weighted by atomic mass is 10.0. The topological polar surface area (TPSA) is 44.8 Å². The third kappa shape index (κ3) is 9.69. The number of carbonyl (C=O) groups is 1. The lowest BCUT2D eigenvalue weighted by Crippen LogP contribution is -2.14. The van der Waals surface area contributed by atoms with Crippen molar-refractivity contribution in [3.8, 4) is 0 Å². The van der Waals surface area contributed by atoms with Crippen LogP contribution in [-0.2, 0) is 19.0 Å². The fourth-order valence-corrected chi connectivity index (χ4v) is 1.08. The van der Waals surface area contributed by atoms with E-state index in [4.69, 9.17) is 14.2 Å². The summed E-state index contributed by atoms with van der Waals surface area (Å²) in [6.07, 6.45) is 1.64. The summed E-state index contributed by atoms with van der Waals surface area (Å²) >= 11 is 0. The smallest absolute Gasteiger partial charge is 0.302 e. The molecule has 4 nitrogen and oxygen atoms in total. The molecule has 0 rings (SSSR count). The van der Waals surface area contributed by atoms with Crippen molar-refractivity contribution in [3.63, 3.8) is 0 Å². The van der Waals surface area contributed by atoms with Gasteiger partial charge in [-0.1, -0.05) is 0 Å². The zero-order chi connectivity index (χ0) is 11.5. The van der Waals surface area contributed by atoms with Crippen molar-refractivity contribution in [2.24, 2.45) is 0 Å². The molecule has 0 N–H and O–H groups in total. The highest BCUT2D eigenvalue weighted by Crippen LogP contribution is 2.12. The number of rotatable bonds is 9. The minimum Gasteiger partial charge on any atom is -0.465 e. The predicted molar refractivity (Wildman–Crippen MR) is 57.5 cm³/mol. The summed E-state index contributed by atoms with van der Waals surface area (Å²) in [5.74, 6) is 0.904. The van der Waals surface area contributed by atoms with Crippen molar-refractivity contribution in [2.45, 2.75) is 26.7 Å². The van der Waals surface area contributed by atoms with Crippen LogP contribution in [0, 0.1) is 5.92 Å². The minimum atomic E-state index is -0.249. The molecule has 89 valence electrons. The number of methoxy groups -OCH3 is 1. The van der Waals surface area contributed by atoms with E-state index in [1.807, 2.05) is 6.92 Å². The van der Waals surface area contributed by atoms with Crippen molar-refractivity contribution >= 4 is 5.97 Å². The van der Waals surface area contributed by atoms with Gasteiger partial charge in [-0.15, -0.1) is 0 Å². The van der Waals surface area contributed by atoms with Crippen LogP contribution >= 0.6 is 0 Å². The molecule has 0 aromatic heterocycles. The Bertz CT molecular complexity index is 159. The third-order valence-corrected chi connectivity index (χ3v) is 1.94. The van der Waals surface area contributed by atoms with Gasteiger partial charge in [0.1, 0.15) is 0 Å². The second-order valence-corrected chi connectivity index (χ2v) is 3.22. The molecule has 0 spiro atoms. The van der Waals surface area contributed by atoms with Crippen LogP contribution in [0.4, 0.5) is 0 Å². The van der Waals surface area contributed by atoms with Gasteiger partial charge in [-0.25, -0.2) is 0 Å². The molecule has 0 atom stereocenters. The zero-order valence-corrected chi connectivity index (χ0v) is 9.88. The Morgan fingerprint density at radius 3 is 2.40 bits per heavy atom. The molecule has 0 aliphatic rings. The van der Waals surface area contributed by atoms with Gasteiger partial charge in [0.2, 0.25) is 0 Å². The van der Waals surface area contributed by atoms with Gasteiger partial charge in [-0.2, -0.15) is 0 Å². The maximum absolute atomic E-state index is 10.7. The van der Waals surface area contributed by atoms with Gasteiger partial charge in [-0.3, -0.25) is 4.79 Å². The first-order valence-corrected chi connectivity index (χ1v) is 5.24. The molecule has 1 radical (unpaired) electrons. The van der Waals surface area contributed by atoms with Crippen molar-refractivity contribution in [1.82, 2.24) is 0 Å². The summed E-state index contributed by atoms with van der Waals surface area (Å²) in [6, 6.07) is 0. The molecule has 15 heavy (non-hydrogen) atoms. The van der Waals surface area contributed by atoms with E-state index < -0.39 is 0 Å². The Morgan fingerprint density at radius 1 is 1.20 bits per heavy atom. The fourth-order valence-electron chi connectivity index (χ4n) is 1.08. The van der Waals surface area contributed by atoms with Crippen LogP contribution < -0.4 is 0 Å². The van der Waals surface area contributed by atoms with Crippen molar-refractivity contribution in [2.75, 3.05) is 33.5 Å². The van der Waals surface area contributed by atoms with Crippen LogP contribution in [0.5, 0.6) is 0 Å². The van der Waals surface area contributed by atoms with Gasteiger partial charge < -0.3 is 14.2 Å². The SMILES string of the molecule is CCOCC[C](CCOC)COC(C)=O. The first kappa shape index (κ1) is 14.4. The van der Waals surface area contributed by atoms with Crippen LogP contribution in [0.25, 0.3) is 0 Å².